The lowest BCUT2D eigenvalue weighted by Crippen LogP contribution is -2.43. The summed E-state index contributed by atoms with van der Waals surface area (Å²) in [5, 5.41) is 0. The molecule has 0 heterocycles. The molecular weight excluding hydrogens is 300 g/mol. The van der Waals surface area contributed by atoms with Gasteiger partial charge in [0.1, 0.15) is 0 Å². The lowest BCUT2D eigenvalue weighted by molar-refractivity contribution is -0.228. The van der Waals surface area contributed by atoms with E-state index in [0.717, 1.165) is 18.4 Å². The zero-order chi connectivity index (χ0) is 18.5. The molecule has 1 saturated carbocycles. The summed E-state index contributed by atoms with van der Waals surface area (Å²) >= 11 is 0. The summed E-state index contributed by atoms with van der Waals surface area (Å²) in [6.45, 7) is 16.3. The predicted molar refractivity (Wildman–Crippen MR) is 99.7 cm³/mol. The molecular formula is C21H38O3. The largest absolute Gasteiger partial charge is 0.435 e. The molecule has 140 valence electrons. The van der Waals surface area contributed by atoms with Gasteiger partial charge in [0.15, 0.2) is 0 Å². The maximum absolute atomic E-state index is 13.0. The Balaban J connectivity index is 2.91. The first-order valence-electron chi connectivity index (χ1n) is 9.49. The fourth-order valence-electron chi connectivity index (χ4n) is 3.07. The van der Waals surface area contributed by atoms with Gasteiger partial charge in [0.25, 0.3) is 0 Å². The number of hydrogen-bond acceptors (Lipinski definition) is 3. The Morgan fingerprint density at radius 2 is 1.58 bits per heavy atom. The molecule has 0 aromatic heterocycles. The molecule has 0 amide bonds. The molecule has 0 aliphatic heterocycles. The van der Waals surface area contributed by atoms with Crippen molar-refractivity contribution in [2.75, 3.05) is 0 Å². The standard InChI is InChI=1S/C21H38O3/c1-15(2)14-21(8,16(3)4)18(22)24-19(20(5,6)7)23-17-12-10-9-11-13-17/h14,16-17,19H,9-13H2,1-8H3. The van der Waals surface area contributed by atoms with E-state index in [2.05, 4.69) is 34.6 Å². The van der Waals surface area contributed by atoms with Gasteiger partial charge >= 0.3 is 5.97 Å². The van der Waals surface area contributed by atoms with Crippen LogP contribution in [0.4, 0.5) is 0 Å². The summed E-state index contributed by atoms with van der Waals surface area (Å²) < 4.78 is 12.2. The highest BCUT2D eigenvalue weighted by molar-refractivity contribution is 5.79. The average molecular weight is 339 g/mol. The molecule has 1 aliphatic rings. The molecule has 0 saturated heterocycles. The van der Waals surface area contributed by atoms with E-state index in [1.165, 1.54) is 19.3 Å². The van der Waals surface area contributed by atoms with E-state index in [1.54, 1.807) is 0 Å². The first kappa shape index (κ1) is 21.2. The Kier molecular flexibility index (Phi) is 7.52. The fraction of sp³-hybridized carbons (Fsp3) is 0.857. The average Bonchev–Trinajstić information content (AvgIpc) is 2.45. The summed E-state index contributed by atoms with van der Waals surface area (Å²) in [6, 6.07) is 0. The molecule has 1 rings (SSSR count). The third kappa shape index (κ3) is 5.91. The van der Waals surface area contributed by atoms with Crippen LogP contribution in [0.25, 0.3) is 0 Å². The van der Waals surface area contributed by atoms with E-state index >= 15 is 0 Å². The van der Waals surface area contributed by atoms with E-state index in [4.69, 9.17) is 9.47 Å². The second kappa shape index (κ2) is 8.51. The monoisotopic (exact) mass is 338 g/mol. The number of hydrogen-bond donors (Lipinski definition) is 0. The van der Waals surface area contributed by atoms with Crippen molar-refractivity contribution in [3.8, 4) is 0 Å². The SMILES string of the molecule is CC(C)=CC(C)(C(=O)OC(OC1CCCCC1)C(C)(C)C)C(C)C. The van der Waals surface area contributed by atoms with Crippen LogP contribution in [0.15, 0.2) is 11.6 Å². The van der Waals surface area contributed by atoms with Gasteiger partial charge in [0.05, 0.1) is 11.5 Å². The van der Waals surface area contributed by atoms with Gasteiger partial charge in [0, 0.05) is 5.41 Å². The van der Waals surface area contributed by atoms with Gasteiger partial charge in [-0.3, -0.25) is 4.79 Å². The van der Waals surface area contributed by atoms with Gasteiger partial charge in [-0.2, -0.15) is 0 Å². The fourth-order valence-corrected chi connectivity index (χ4v) is 3.07. The minimum Gasteiger partial charge on any atom is -0.435 e. The smallest absolute Gasteiger partial charge is 0.318 e. The molecule has 0 aromatic rings. The number of rotatable bonds is 6. The summed E-state index contributed by atoms with van der Waals surface area (Å²) in [6.07, 6.45) is 7.57. The zero-order valence-corrected chi connectivity index (χ0v) is 17.1. The van der Waals surface area contributed by atoms with Gasteiger partial charge in [-0.05, 0) is 39.5 Å². The van der Waals surface area contributed by atoms with E-state index in [1.807, 2.05) is 26.8 Å². The molecule has 1 aliphatic carbocycles. The quantitative estimate of drug-likeness (QED) is 0.345. The van der Waals surface area contributed by atoms with Gasteiger partial charge in [-0.15, -0.1) is 0 Å². The highest BCUT2D eigenvalue weighted by Crippen LogP contribution is 2.35. The van der Waals surface area contributed by atoms with Crippen molar-refractivity contribution < 1.29 is 14.3 Å². The Morgan fingerprint density at radius 3 is 2.00 bits per heavy atom. The van der Waals surface area contributed by atoms with Crippen molar-refractivity contribution in [3.05, 3.63) is 11.6 Å². The van der Waals surface area contributed by atoms with Crippen molar-refractivity contribution >= 4 is 5.97 Å². The lowest BCUT2D eigenvalue weighted by Gasteiger charge is -2.37. The van der Waals surface area contributed by atoms with Crippen LogP contribution >= 0.6 is 0 Å². The van der Waals surface area contributed by atoms with Crippen molar-refractivity contribution in [1.82, 2.24) is 0 Å². The van der Waals surface area contributed by atoms with Crippen LogP contribution < -0.4 is 0 Å². The number of allylic oxidation sites excluding steroid dienone is 1. The second-order valence-electron chi connectivity index (χ2n) is 9.16. The summed E-state index contributed by atoms with van der Waals surface area (Å²) in [4.78, 5) is 13.0. The molecule has 1 fully saturated rings. The topological polar surface area (TPSA) is 35.5 Å². The highest BCUT2D eigenvalue weighted by atomic mass is 16.7. The van der Waals surface area contributed by atoms with E-state index in [-0.39, 0.29) is 23.4 Å². The molecule has 2 unspecified atom stereocenters. The Hall–Kier alpha value is -0.830. The van der Waals surface area contributed by atoms with Crippen molar-refractivity contribution in [2.24, 2.45) is 16.7 Å². The van der Waals surface area contributed by atoms with Gasteiger partial charge in [-0.25, -0.2) is 0 Å². The number of carbonyl (C=O) groups excluding carboxylic acids is 1. The summed E-state index contributed by atoms with van der Waals surface area (Å²) in [7, 11) is 0. The first-order chi connectivity index (χ1) is 11.0. The number of carbonyl (C=O) groups is 1. The van der Waals surface area contributed by atoms with Crippen LogP contribution in [-0.2, 0) is 14.3 Å². The van der Waals surface area contributed by atoms with Crippen LogP contribution in [0.5, 0.6) is 0 Å². The first-order valence-corrected chi connectivity index (χ1v) is 9.49. The molecule has 0 bridgehead atoms. The lowest BCUT2D eigenvalue weighted by atomic mass is 9.78. The Labute approximate surface area is 149 Å². The van der Waals surface area contributed by atoms with Crippen LogP contribution in [0.1, 0.15) is 87.5 Å². The van der Waals surface area contributed by atoms with Gasteiger partial charge < -0.3 is 9.47 Å². The van der Waals surface area contributed by atoms with E-state index in [0.29, 0.717) is 0 Å². The van der Waals surface area contributed by atoms with Crippen LogP contribution in [-0.4, -0.2) is 18.4 Å². The van der Waals surface area contributed by atoms with Crippen molar-refractivity contribution in [2.45, 2.75) is 99.9 Å². The molecule has 0 N–H and O–H groups in total. The molecule has 24 heavy (non-hydrogen) atoms. The predicted octanol–water partition coefficient (Wildman–Crippen LogP) is 5.88. The highest BCUT2D eigenvalue weighted by Gasteiger charge is 2.40. The third-order valence-corrected chi connectivity index (χ3v) is 5.02. The zero-order valence-electron chi connectivity index (χ0n) is 17.1. The summed E-state index contributed by atoms with van der Waals surface area (Å²) in [5.41, 5.74) is 0.262. The minimum atomic E-state index is -0.627. The molecule has 2 atom stereocenters. The normalized spacial score (nSPS) is 20.4. The van der Waals surface area contributed by atoms with E-state index < -0.39 is 11.7 Å². The van der Waals surface area contributed by atoms with Crippen LogP contribution in [0.2, 0.25) is 0 Å². The molecule has 0 aromatic carbocycles. The summed E-state index contributed by atoms with van der Waals surface area (Å²) in [5.74, 6) is -0.0235. The molecule has 0 radical (unpaired) electrons. The molecule has 3 nitrogen and oxygen atoms in total. The van der Waals surface area contributed by atoms with Crippen LogP contribution in [0.3, 0.4) is 0 Å². The van der Waals surface area contributed by atoms with E-state index in [9.17, 15) is 4.79 Å². The molecule has 0 spiro atoms. The maximum atomic E-state index is 13.0. The maximum Gasteiger partial charge on any atom is 0.318 e. The Morgan fingerprint density at radius 1 is 1.04 bits per heavy atom. The van der Waals surface area contributed by atoms with Crippen molar-refractivity contribution in [3.63, 3.8) is 0 Å². The molecule has 3 heteroatoms. The Bertz CT molecular complexity index is 434. The van der Waals surface area contributed by atoms with Crippen LogP contribution in [0, 0.1) is 16.7 Å². The van der Waals surface area contributed by atoms with Gasteiger partial charge in [0.2, 0.25) is 6.29 Å². The number of esters is 1. The second-order valence-corrected chi connectivity index (χ2v) is 9.16. The number of ether oxygens (including phenoxy) is 2. The van der Waals surface area contributed by atoms with Crippen molar-refractivity contribution in [1.29, 1.82) is 0 Å². The minimum absolute atomic E-state index is 0.162. The van der Waals surface area contributed by atoms with Gasteiger partial charge in [-0.1, -0.05) is 65.5 Å². The third-order valence-electron chi connectivity index (χ3n) is 5.02.